The monoisotopic (exact) mass is 628 g/mol. The summed E-state index contributed by atoms with van der Waals surface area (Å²) in [6.45, 7) is 11.4. The highest BCUT2D eigenvalue weighted by Gasteiger charge is 2.35. The van der Waals surface area contributed by atoms with Crippen LogP contribution in [0.4, 0.5) is 0 Å². The molecule has 1 atom stereocenters. The van der Waals surface area contributed by atoms with Crippen LogP contribution in [0.1, 0.15) is 58.7 Å². The average Bonchev–Trinajstić information content (AvgIpc) is 3.18. The molecule has 212 valence electrons. The third-order valence-electron chi connectivity index (χ3n) is 6.00. The van der Waals surface area contributed by atoms with E-state index in [2.05, 4.69) is 20.9 Å². The molecule has 40 heavy (non-hydrogen) atoms. The molecule has 4 rings (SSSR count). The number of ether oxygens (including phenoxy) is 4. The first kappa shape index (κ1) is 29.6. The van der Waals surface area contributed by atoms with Crippen molar-refractivity contribution in [2.75, 3.05) is 13.7 Å². The van der Waals surface area contributed by atoms with Gasteiger partial charge in [0.1, 0.15) is 11.8 Å². The Morgan fingerprint density at radius 3 is 2.48 bits per heavy atom. The number of halogens is 1. The van der Waals surface area contributed by atoms with E-state index in [1.54, 1.807) is 31.6 Å². The number of rotatable bonds is 9. The lowest BCUT2D eigenvalue weighted by atomic mass is 9.95. The van der Waals surface area contributed by atoms with Crippen molar-refractivity contribution in [3.05, 3.63) is 83.0 Å². The molecule has 0 unspecified atom stereocenters. The van der Waals surface area contributed by atoms with Crippen LogP contribution in [0, 0.1) is 0 Å². The summed E-state index contributed by atoms with van der Waals surface area (Å²) in [5.74, 6) is 1.20. The molecule has 0 fully saturated rings. The molecule has 0 aliphatic carbocycles. The standard InChI is InChI=1S/C30H33BrN2O6S/c1-8-37-29(35)25-18(6)32-30-33(26(25)20-11-9-10-12-22(20)38-16(2)3)28(34)24(40-30)15-19-13-21(31)27(39-17(4)5)23(14-19)36-7/h9-17,26H,8H2,1-7H3/b24-15-/t26-/m0/s1. The third kappa shape index (κ3) is 6.02. The van der Waals surface area contributed by atoms with Crippen molar-refractivity contribution in [1.29, 1.82) is 0 Å². The van der Waals surface area contributed by atoms with Crippen LogP contribution in [0.2, 0.25) is 0 Å². The van der Waals surface area contributed by atoms with Gasteiger partial charge in [0.25, 0.3) is 5.56 Å². The summed E-state index contributed by atoms with van der Waals surface area (Å²) in [7, 11) is 1.57. The fourth-order valence-electron chi connectivity index (χ4n) is 4.48. The molecular weight excluding hydrogens is 596 g/mol. The van der Waals surface area contributed by atoms with Crippen LogP contribution in [0.3, 0.4) is 0 Å². The van der Waals surface area contributed by atoms with Gasteiger partial charge >= 0.3 is 5.97 Å². The molecule has 1 aliphatic heterocycles. The Hall–Kier alpha value is -3.37. The topological polar surface area (TPSA) is 88.4 Å². The molecular formula is C30H33BrN2O6S. The van der Waals surface area contributed by atoms with Gasteiger partial charge in [0.2, 0.25) is 0 Å². The van der Waals surface area contributed by atoms with Crippen LogP contribution in [0.15, 0.2) is 61.9 Å². The number of methoxy groups -OCH3 is 1. The molecule has 0 spiro atoms. The molecule has 8 nitrogen and oxygen atoms in total. The van der Waals surface area contributed by atoms with Gasteiger partial charge in [-0.3, -0.25) is 9.36 Å². The summed E-state index contributed by atoms with van der Waals surface area (Å²) in [6, 6.07) is 10.4. The first-order valence-corrected chi connectivity index (χ1v) is 14.7. The first-order chi connectivity index (χ1) is 19.0. The highest BCUT2D eigenvalue weighted by Crippen LogP contribution is 2.38. The van der Waals surface area contributed by atoms with Crippen LogP contribution < -0.4 is 29.1 Å². The molecule has 0 radical (unpaired) electrons. The van der Waals surface area contributed by atoms with E-state index in [-0.39, 0.29) is 24.4 Å². The van der Waals surface area contributed by atoms with E-state index in [0.29, 0.717) is 47.9 Å². The van der Waals surface area contributed by atoms with Crippen LogP contribution in [-0.4, -0.2) is 36.5 Å². The molecule has 1 aromatic heterocycles. The minimum absolute atomic E-state index is 0.0425. The van der Waals surface area contributed by atoms with Crippen LogP contribution in [0.5, 0.6) is 17.2 Å². The molecule has 1 aliphatic rings. The van der Waals surface area contributed by atoms with Gasteiger partial charge in [-0.25, -0.2) is 9.79 Å². The van der Waals surface area contributed by atoms with Gasteiger partial charge in [0, 0.05) is 5.56 Å². The number of benzene rings is 2. The number of fused-ring (bicyclic) bond motifs is 1. The Morgan fingerprint density at radius 1 is 1.12 bits per heavy atom. The maximum Gasteiger partial charge on any atom is 0.338 e. The predicted molar refractivity (Wildman–Crippen MR) is 159 cm³/mol. The highest BCUT2D eigenvalue weighted by molar-refractivity contribution is 9.10. The summed E-state index contributed by atoms with van der Waals surface area (Å²) in [5, 5.41) is 0. The second-order valence-electron chi connectivity index (χ2n) is 9.71. The van der Waals surface area contributed by atoms with Crippen molar-refractivity contribution in [2.24, 2.45) is 4.99 Å². The predicted octanol–water partition coefficient (Wildman–Crippen LogP) is 5.14. The number of esters is 1. The number of aromatic nitrogens is 1. The van der Waals surface area contributed by atoms with Gasteiger partial charge in [0.15, 0.2) is 16.3 Å². The van der Waals surface area contributed by atoms with E-state index in [1.165, 1.54) is 11.3 Å². The van der Waals surface area contributed by atoms with Crippen LogP contribution in [-0.2, 0) is 9.53 Å². The zero-order chi connectivity index (χ0) is 29.1. The lowest BCUT2D eigenvalue weighted by Gasteiger charge is -2.26. The van der Waals surface area contributed by atoms with E-state index in [0.717, 1.165) is 5.56 Å². The SMILES string of the molecule is CCOC(=O)C1=C(C)N=c2s/c(=C\c3cc(Br)c(OC(C)C)c(OC)c3)c(=O)n2[C@H]1c1ccccc1OC(C)C. The Morgan fingerprint density at radius 2 is 1.82 bits per heavy atom. The van der Waals surface area contributed by atoms with Gasteiger partial charge in [-0.1, -0.05) is 29.5 Å². The number of carbonyl (C=O) groups excluding carboxylic acids is 1. The third-order valence-corrected chi connectivity index (χ3v) is 7.57. The number of para-hydroxylation sites is 1. The van der Waals surface area contributed by atoms with Crippen molar-refractivity contribution in [2.45, 2.75) is 59.8 Å². The zero-order valence-electron chi connectivity index (χ0n) is 23.6. The number of allylic oxidation sites excluding steroid dienone is 1. The molecule has 0 saturated carbocycles. The second-order valence-corrected chi connectivity index (χ2v) is 11.6. The molecule has 0 saturated heterocycles. The van der Waals surface area contributed by atoms with Crippen molar-refractivity contribution >= 4 is 39.3 Å². The Kier molecular flexibility index (Phi) is 9.20. The molecule has 10 heteroatoms. The van der Waals surface area contributed by atoms with Crippen LogP contribution in [0.25, 0.3) is 6.08 Å². The Balaban J connectivity index is 1.95. The van der Waals surface area contributed by atoms with Crippen molar-refractivity contribution in [1.82, 2.24) is 4.57 Å². The van der Waals surface area contributed by atoms with E-state index in [4.69, 9.17) is 18.9 Å². The molecule has 3 aromatic rings. The smallest absolute Gasteiger partial charge is 0.338 e. The Labute approximate surface area is 245 Å². The van der Waals surface area contributed by atoms with E-state index in [1.807, 2.05) is 64.1 Å². The minimum Gasteiger partial charge on any atom is -0.493 e. The molecule has 0 bridgehead atoms. The average molecular weight is 630 g/mol. The molecule has 2 aromatic carbocycles. The summed E-state index contributed by atoms with van der Waals surface area (Å²) in [6.07, 6.45) is 1.64. The number of hydrogen-bond acceptors (Lipinski definition) is 8. The first-order valence-electron chi connectivity index (χ1n) is 13.0. The van der Waals surface area contributed by atoms with Gasteiger partial charge in [-0.05, 0) is 87.3 Å². The summed E-state index contributed by atoms with van der Waals surface area (Å²) >= 11 is 4.83. The number of hydrogen-bond donors (Lipinski definition) is 0. The molecule has 0 amide bonds. The fraction of sp³-hybridized carbons (Fsp3) is 0.367. The summed E-state index contributed by atoms with van der Waals surface area (Å²) in [4.78, 5) is 32.4. The van der Waals surface area contributed by atoms with Gasteiger partial charge in [-0.2, -0.15) is 0 Å². The number of carbonyl (C=O) groups is 1. The maximum absolute atomic E-state index is 14.0. The Bertz CT molecular complexity index is 1640. The van der Waals surface area contributed by atoms with Gasteiger partial charge in [-0.15, -0.1) is 0 Å². The summed E-state index contributed by atoms with van der Waals surface area (Å²) in [5.41, 5.74) is 1.95. The summed E-state index contributed by atoms with van der Waals surface area (Å²) < 4.78 is 25.7. The quantitative estimate of drug-likeness (QED) is 0.305. The zero-order valence-corrected chi connectivity index (χ0v) is 26.0. The van der Waals surface area contributed by atoms with E-state index < -0.39 is 12.0 Å². The van der Waals surface area contributed by atoms with E-state index in [9.17, 15) is 9.59 Å². The number of thiazole rings is 1. The molecule has 2 heterocycles. The van der Waals surface area contributed by atoms with Crippen molar-refractivity contribution in [3.63, 3.8) is 0 Å². The fourth-order valence-corrected chi connectivity index (χ4v) is 6.08. The normalized spacial score (nSPS) is 15.2. The van der Waals surface area contributed by atoms with Crippen LogP contribution >= 0.6 is 27.3 Å². The lowest BCUT2D eigenvalue weighted by molar-refractivity contribution is -0.139. The largest absolute Gasteiger partial charge is 0.493 e. The van der Waals surface area contributed by atoms with E-state index >= 15 is 0 Å². The van der Waals surface area contributed by atoms with Gasteiger partial charge in [0.05, 0.1) is 46.2 Å². The van der Waals surface area contributed by atoms with Crippen molar-refractivity contribution < 1.29 is 23.7 Å². The second kappa shape index (κ2) is 12.4. The minimum atomic E-state index is -0.768. The molecule has 0 N–H and O–H groups in total. The van der Waals surface area contributed by atoms with Crippen molar-refractivity contribution in [3.8, 4) is 17.2 Å². The van der Waals surface area contributed by atoms with Gasteiger partial charge < -0.3 is 18.9 Å². The highest BCUT2D eigenvalue weighted by atomic mass is 79.9. The lowest BCUT2D eigenvalue weighted by Crippen LogP contribution is -2.40. The maximum atomic E-state index is 14.0. The number of nitrogens with zero attached hydrogens (tertiary/aromatic N) is 2.